The Morgan fingerprint density at radius 1 is 1.60 bits per heavy atom. The summed E-state index contributed by atoms with van der Waals surface area (Å²) in [6.45, 7) is 7.60. The lowest BCUT2D eigenvalue weighted by molar-refractivity contribution is 0.401. The van der Waals surface area contributed by atoms with Crippen molar-refractivity contribution in [2.45, 2.75) is 39.2 Å². The van der Waals surface area contributed by atoms with Crippen molar-refractivity contribution in [3.63, 3.8) is 0 Å². The van der Waals surface area contributed by atoms with Crippen LogP contribution in [0.5, 0.6) is 0 Å². The van der Waals surface area contributed by atoms with Gasteiger partial charge in [0.2, 0.25) is 0 Å². The quantitative estimate of drug-likeness (QED) is 0.816. The van der Waals surface area contributed by atoms with Crippen LogP contribution in [0.4, 0.5) is 0 Å². The Labute approximate surface area is 91.1 Å². The van der Waals surface area contributed by atoms with Crippen LogP contribution in [0.15, 0.2) is 6.33 Å². The van der Waals surface area contributed by atoms with Gasteiger partial charge in [-0.05, 0) is 25.3 Å². The van der Waals surface area contributed by atoms with Crippen molar-refractivity contribution in [3.8, 4) is 0 Å². The first-order chi connectivity index (χ1) is 7.27. The average molecular weight is 208 g/mol. The van der Waals surface area contributed by atoms with Crippen molar-refractivity contribution < 1.29 is 0 Å². The van der Waals surface area contributed by atoms with Crippen LogP contribution in [0.2, 0.25) is 0 Å². The lowest BCUT2D eigenvalue weighted by Crippen LogP contribution is -2.30. The highest BCUT2D eigenvalue weighted by Crippen LogP contribution is 2.21. The van der Waals surface area contributed by atoms with Gasteiger partial charge in [0, 0.05) is 19.0 Å². The van der Waals surface area contributed by atoms with E-state index in [-0.39, 0.29) is 0 Å². The summed E-state index contributed by atoms with van der Waals surface area (Å²) >= 11 is 0. The first-order valence-electron chi connectivity index (χ1n) is 5.86. The second-order valence-electron chi connectivity index (χ2n) is 4.74. The normalized spacial score (nSPS) is 22.2. The van der Waals surface area contributed by atoms with Crippen molar-refractivity contribution in [1.29, 1.82) is 0 Å². The molecule has 84 valence electrons. The van der Waals surface area contributed by atoms with Crippen molar-refractivity contribution in [2.75, 3.05) is 13.1 Å². The molecule has 1 saturated heterocycles. The molecule has 1 fully saturated rings. The van der Waals surface area contributed by atoms with E-state index in [9.17, 15) is 0 Å². The van der Waals surface area contributed by atoms with Crippen LogP contribution in [0.25, 0.3) is 0 Å². The fourth-order valence-electron chi connectivity index (χ4n) is 2.15. The number of aromatic nitrogens is 3. The molecular weight excluding hydrogens is 188 g/mol. The predicted octanol–water partition coefficient (Wildman–Crippen LogP) is 1.40. The van der Waals surface area contributed by atoms with Gasteiger partial charge in [-0.15, -0.1) is 0 Å². The number of rotatable bonds is 3. The summed E-state index contributed by atoms with van der Waals surface area (Å²) in [6.07, 6.45) is 4.18. The van der Waals surface area contributed by atoms with E-state index in [2.05, 4.69) is 33.9 Å². The number of nitrogens with zero attached hydrogens (tertiary/aromatic N) is 3. The Balaban J connectivity index is 2.09. The molecule has 0 amide bonds. The zero-order valence-corrected chi connectivity index (χ0v) is 9.61. The molecule has 0 spiro atoms. The van der Waals surface area contributed by atoms with Gasteiger partial charge in [0.15, 0.2) is 0 Å². The summed E-state index contributed by atoms with van der Waals surface area (Å²) in [4.78, 5) is 4.40. The molecule has 1 aliphatic rings. The van der Waals surface area contributed by atoms with Gasteiger partial charge in [-0.3, -0.25) is 0 Å². The van der Waals surface area contributed by atoms with Gasteiger partial charge >= 0.3 is 0 Å². The van der Waals surface area contributed by atoms with Gasteiger partial charge in [0.25, 0.3) is 0 Å². The van der Waals surface area contributed by atoms with Crippen molar-refractivity contribution >= 4 is 0 Å². The number of hydrogen-bond acceptors (Lipinski definition) is 3. The molecule has 2 heterocycles. The standard InChI is InChI=1S/C11H20N4/c1-9(2)7-15-11(13-8-14-15)10-4-3-5-12-6-10/h8-10,12H,3-7H2,1-2H3. The lowest BCUT2D eigenvalue weighted by Gasteiger charge is -2.22. The highest BCUT2D eigenvalue weighted by Gasteiger charge is 2.20. The van der Waals surface area contributed by atoms with E-state index in [1.54, 1.807) is 6.33 Å². The third-order valence-corrected chi connectivity index (χ3v) is 2.85. The fraction of sp³-hybridized carbons (Fsp3) is 0.818. The van der Waals surface area contributed by atoms with Crippen LogP contribution in [0.1, 0.15) is 38.4 Å². The van der Waals surface area contributed by atoms with E-state index < -0.39 is 0 Å². The molecule has 0 radical (unpaired) electrons. The summed E-state index contributed by atoms with van der Waals surface area (Å²) in [5.74, 6) is 2.35. The molecule has 4 nitrogen and oxygen atoms in total. The molecule has 15 heavy (non-hydrogen) atoms. The number of nitrogens with one attached hydrogen (secondary N) is 1. The third-order valence-electron chi connectivity index (χ3n) is 2.85. The average Bonchev–Trinajstić information content (AvgIpc) is 2.66. The number of hydrogen-bond donors (Lipinski definition) is 1. The largest absolute Gasteiger partial charge is 0.316 e. The molecule has 1 aliphatic heterocycles. The summed E-state index contributed by atoms with van der Waals surface area (Å²) in [7, 11) is 0. The van der Waals surface area contributed by atoms with E-state index in [1.165, 1.54) is 12.8 Å². The van der Waals surface area contributed by atoms with E-state index in [0.29, 0.717) is 11.8 Å². The molecular formula is C11H20N4. The zero-order chi connectivity index (χ0) is 10.7. The Hall–Kier alpha value is -0.900. The third kappa shape index (κ3) is 2.56. The maximum Gasteiger partial charge on any atom is 0.138 e. The van der Waals surface area contributed by atoms with Crippen LogP contribution in [0.3, 0.4) is 0 Å². The first kappa shape index (κ1) is 10.6. The molecule has 2 rings (SSSR count). The molecule has 0 saturated carbocycles. The SMILES string of the molecule is CC(C)Cn1ncnc1C1CCCNC1. The van der Waals surface area contributed by atoms with Crippen molar-refractivity contribution in [3.05, 3.63) is 12.2 Å². The fourth-order valence-corrected chi connectivity index (χ4v) is 2.15. The van der Waals surface area contributed by atoms with Gasteiger partial charge in [0.1, 0.15) is 12.2 Å². The topological polar surface area (TPSA) is 42.7 Å². The van der Waals surface area contributed by atoms with E-state index in [0.717, 1.165) is 25.5 Å². The van der Waals surface area contributed by atoms with Crippen molar-refractivity contribution in [1.82, 2.24) is 20.1 Å². The molecule has 1 N–H and O–H groups in total. The molecule has 1 aromatic heterocycles. The molecule has 0 aromatic carbocycles. The monoisotopic (exact) mass is 208 g/mol. The maximum atomic E-state index is 4.40. The van der Waals surface area contributed by atoms with Gasteiger partial charge in [-0.25, -0.2) is 9.67 Å². The van der Waals surface area contributed by atoms with E-state index >= 15 is 0 Å². The predicted molar refractivity (Wildman–Crippen MR) is 59.7 cm³/mol. The minimum absolute atomic E-state index is 0.556. The molecule has 0 aliphatic carbocycles. The second kappa shape index (κ2) is 4.75. The molecule has 1 unspecified atom stereocenters. The van der Waals surface area contributed by atoms with E-state index in [4.69, 9.17) is 0 Å². The summed E-state index contributed by atoms with van der Waals surface area (Å²) in [5, 5.41) is 7.73. The Bertz CT molecular complexity index is 299. The lowest BCUT2D eigenvalue weighted by atomic mass is 9.99. The minimum Gasteiger partial charge on any atom is -0.316 e. The summed E-state index contributed by atoms with van der Waals surface area (Å²) < 4.78 is 2.07. The number of piperidine rings is 1. The zero-order valence-electron chi connectivity index (χ0n) is 9.61. The van der Waals surface area contributed by atoms with Crippen LogP contribution >= 0.6 is 0 Å². The van der Waals surface area contributed by atoms with E-state index in [1.807, 2.05) is 0 Å². The first-order valence-corrected chi connectivity index (χ1v) is 5.86. The van der Waals surface area contributed by atoms with Gasteiger partial charge < -0.3 is 5.32 Å². The highest BCUT2D eigenvalue weighted by molar-refractivity contribution is 4.98. The van der Waals surface area contributed by atoms with Gasteiger partial charge in [-0.2, -0.15) is 5.10 Å². The van der Waals surface area contributed by atoms with Crippen LogP contribution < -0.4 is 5.32 Å². The minimum atomic E-state index is 0.556. The summed E-state index contributed by atoms with van der Waals surface area (Å²) in [5.41, 5.74) is 0. The van der Waals surface area contributed by atoms with Gasteiger partial charge in [0.05, 0.1) is 0 Å². The molecule has 0 bridgehead atoms. The molecule has 1 aromatic rings. The molecule has 1 atom stereocenters. The Morgan fingerprint density at radius 3 is 3.13 bits per heavy atom. The smallest absolute Gasteiger partial charge is 0.138 e. The van der Waals surface area contributed by atoms with Crippen LogP contribution in [0, 0.1) is 5.92 Å². The van der Waals surface area contributed by atoms with Gasteiger partial charge in [-0.1, -0.05) is 13.8 Å². The highest BCUT2D eigenvalue weighted by atomic mass is 15.3. The van der Waals surface area contributed by atoms with Crippen LogP contribution in [-0.2, 0) is 6.54 Å². The Morgan fingerprint density at radius 2 is 2.47 bits per heavy atom. The maximum absolute atomic E-state index is 4.40. The summed E-state index contributed by atoms with van der Waals surface area (Å²) in [6, 6.07) is 0. The Kier molecular flexibility index (Phi) is 3.36. The second-order valence-corrected chi connectivity index (χ2v) is 4.74. The molecule has 4 heteroatoms. The van der Waals surface area contributed by atoms with Crippen molar-refractivity contribution in [2.24, 2.45) is 5.92 Å². The van der Waals surface area contributed by atoms with Crippen LogP contribution in [-0.4, -0.2) is 27.9 Å².